The lowest BCUT2D eigenvalue weighted by Gasteiger charge is -2.10. The van der Waals surface area contributed by atoms with E-state index in [2.05, 4.69) is 0 Å². The third kappa shape index (κ3) is 3.06. The molecule has 0 radical (unpaired) electrons. The summed E-state index contributed by atoms with van der Waals surface area (Å²) in [4.78, 5) is 11.5. The molecule has 0 aliphatic rings. The first-order chi connectivity index (χ1) is 7.04. The van der Waals surface area contributed by atoms with Gasteiger partial charge in [-0.1, -0.05) is 0 Å². The monoisotopic (exact) mass is 227 g/mol. The Kier molecular flexibility index (Phi) is 3.85. The predicted octanol–water partition coefficient (Wildman–Crippen LogP) is 1.84. The van der Waals surface area contributed by atoms with Gasteiger partial charge in [0, 0.05) is 11.8 Å². The van der Waals surface area contributed by atoms with Crippen LogP contribution >= 0.6 is 11.8 Å². The zero-order chi connectivity index (χ0) is 11.4. The van der Waals surface area contributed by atoms with Gasteiger partial charge in [0.1, 0.15) is 11.0 Å². The molecule has 1 rings (SSSR count). The fourth-order valence-electron chi connectivity index (χ4n) is 1.02. The molecule has 0 fully saturated rings. The zero-order valence-electron chi connectivity index (χ0n) is 8.56. The summed E-state index contributed by atoms with van der Waals surface area (Å²) in [5.41, 5.74) is 6.18. The van der Waals surface area contributed by atoms with Crippen molar-refractivity contribution in [3.05, 3.63) is 18.2 Å². The number of nitrogen functional groups attached to an aromatic ring is 1. The Bertz CT molecular complexity index is 368. The van der Waals surface area contributed by atoms with Gasteiger partial charge in [-0.05, 0) is 19.1 Å². The number of aliphatic carboxylic acids is 1. The van der Waals surface area contributed by atoms with Gasteiger partial charge in [-0.2, -0.15) is 0 Å². The number of ether oxygens (including phenoxy) is 1. The van der Waals surface area contributed by atoms with E-state index >= 15 is 0 Å². The van der Waals surface area contributed by atoms with Gasteiger partial charge in [-0.25, -0.2) is 0 Å². The molecule has 1 atom stereocenters. The summed E-state index contributed by atoms with van der Waals surface area (Å²) in [6.45, 7) is 1.63. The highest BCUT2D eigenvalue weighted by atomic mass is 32.2. The van der Waals surface area contributed by atoms with Crippen molar-refractivity contribution in [3.8, 4) is 5.75 Å². The van der Waals surface area contributed by atoms with Gasteiger partial charge in [0.2, 0.25) is 0 Å². The zero-order valence-corrected chi connectivity index (χ0v) is 9.38. The molecule has 0 aliphatic carbocycles. The average molecular weight is 227 g/mol. The topological polar surface area (TPSA) is 72.5 Å². The van der Waals surface area contributed by atoms with Crippen LogP contribution in [0.1, 0.15) is 6.92 Å². The molecule has 15 heavy (non-hydrogen) atoms. The van der Waals surface area contributed by atoms with Crippen LogP contribution in [0.4, 0.5) is 5.69 Å². The Labute approximate surface area is 92.4 Å². The van der Waals surface area contributed by atoms with E-state index in [1.807, 2.05) is 0 Å². The van der Waals surface area contributed by atoms with E-state index in [0.717, 1.165) is 4.90 Å². The summed E-state index contributed by atoms with van der Waals surface area (Å²) in [5, 5.41) is 8.26. The molecule has 4 nitrogen and oxygen atoms in total. The normalized spacial score (nSPS) is 12.1. The maximum Gasteiger partial charge on any atom is 0.316 e. The molecule has 82 valence electrons. The van der Waals surface area contributed by atoms with Crippen molar-refractivity contribution in [2.75, 3.05) is 12.8 Å². The molecule has 0 aromatic heterocycles. The van der Waals surface area contributed by atoms with Crippen LogP contribution in [0.3, 0.4) is 0 Å². The van der Waals surface area contributed by atoms with Gasteiger partial charge < -0.3 is 15.6 Å². The van der Waals surface area contributed by atoms with Crippen molar-refractivity contribution in [2.45, 2.75) is 17.1 Å². The molecule has 5 heteroatoms. The third-order valence-corrected chi connectivity index (χ3v) is 2.99. The lowest BCUT2D eigenvalue weighted by molar-refractivity contribution is -0.136. The molecule has 1 unspecified atom stereocenters. The van der Waals surface area contributed by atoms with Crippen LogP contribution in [0.2, 0.25) is 0 Å². The number of carbonyl (C=O) groups is 1. The maximum atomic E-state index is 10.7. The SMILES string of the molecule is COc1cc(N)ccc1SC(C)C(=O)O. The van der Waals surface area contributed by atoms with Crippen LogP contribution in [0.5, 0.6) is 5.75 Å². The highest BCUT2D eigenvalue weighted by Crippen LogP contribution is 2.33. The molecule has 0 bridgehead atoms. The summed E-state index contributed by atoms with van der Waals surface area (Å²) < 4.78 is 5.11. The number of carboxylic acids is 1. The molecular formula is C10H13NO3S. The van der Waals surface area contributed by atoms with Crippen LogP contribution in [0.25, 0.3) is 0 Å². The maximum absolute atomic E-state index is 10.7. The third-order valence-electron chi connectivity index (χ3n) is 1.84. The van der Waals surface area contributed by atoms with Gasteiger partial charge in [0.15, 0.2) is 0 Å². The molecular weight excluding hydrogens is 214 g/mol. The Balaban J connectivity index is 2.89. The Hall–Kier alpha value is -1.36. The van der Waals surface area contributed by atoms with E-state index in [-0.39, 0.29) is 0 Å². The number of benzene rings is 1. The van der Waals surface area contributed by atoms with Crippen LogP contribution in [0.15, 0.2) is 23.1 Å². The summed E-state index contributed by atoms with van der Waals surface area (Å²) in [6, 6.07) is 5.16. The molecule has 3 N–H and O–H groups in total. The molecule has 0 heterocycles. The second-order valence-electron chi connectivity index (χ2n) is 3.01. The fraction of sp³-hybridized carbons (Fsp3) is 0.300. The van der Waals surface area contributed by atoms with E-state index in [9.17, 15) is 4.79 Å². The Morgan fingerprint density at radius 1 is 1.60 bits per heavy atom. The van der Waals surface area contributed by atoms with Crippen LogP contribution in [0, 0.1) is 0 Å². The van der Waals surface area contributed by atoms with Crippen LogP contribution < -0.4 is 10.5 Å². The van der Waals surface area contributed by atoms with E-state index in [4.69, 9.17) is 15.6 Å². The first-order valence-electron chi connectivity index (χ1n) is 4.37. The summed E-state index contributed by atoms with van der Waals surface area (Å²) in [5.74, 6) is -0.244. The number of carboxylic acid groups (broad SMARTS) is 1. The van der Waals surface area contributed by atoms with E-state index in [1.54, 1.807) is 25.1 Å². The number of hydrogen-bond donors (Lipinski definition) is 2. The van der Waals surface area contributed by atoms with Crippen molar-refractivity contribution in [1.29, 1.82) is 0 Å². The summed E-state index contributed by atoms with van der Waals surface area (Å²) in [6.07, 6.45) is 0. The van der Waals surface area contributed by atoms with Crippen molar-refractivity contribution in [1.82, 2.24) is 0 Å². The minimum absolute atomic E-state index is 0.512. The Morgan fingerprint density at radius 3 is 2.80 bits per heavy atom. The molecule has 1 aromatic carbocycles. The number of methoxy groups -OCH3 is 1. The van der Waals surface area contributed by atoms with Crippen molar-refractivity contribution in [3.63, 3.8) is 0 Å². The molecule has 0 saturated carbocycles. The van der Waals surface area contributed by atoms with Crippen molar-refractivity contribution < 1.29 is 14.6 Å². The van der Waals surface area contributed by atoms with E-state index < -0.39 is 11.2 Å². The molecule has 0 amide bonds. The molecule has 0 saturated heterocycles. The number of anilines is 1. The summed E-state index contributed by atoms with van der Waals surface area (Å²) >= 11 is 1.23. The highest BCUT2D eigenvalue weighted by Gasteiger charge is 2.15. The first-order valence-corrected chi connectivity index (χ1v) is 5.25. The predicted molar refractivity (Wildman–Crippen MR) is 60.4 cm³/mol. The van der Waals surface area contributed by atoms with E-state index in [0.29, 0.717) is 11.4 Å². The van der Waals surface area contributed by atoms with Crippen molar-refractivity contribution >= 4 is 23.4 Å². The van der Waals surface area contributed by atoms with Gasteiger partial charge in [0.05, 0.1) is 12.0 Å². The largest absolute Gasteiger partial charge is 0.496 e. The molecule has 0 spiro atoms. The van der Waals surface area contributed by atoms with Gasteiger partial charge in [-0.3, -0.25) is 4.79 Å². The molecule has 1 aromatic rings. The minimum atomic E-state index is -0.848. The quantitative estimate of drug-likeness (QED) is 0.606. The second-order valence-corrected chi connectivity index (χ2v) is 4.39. The number of hydrogen-bond acceptors (Lipinski definition) is 4. The van der Waals surface area contributed by atoms with Crippen molar-refractivity contribution in [2.24, 2.45) is 0 Å². The number of nitrogens with two attached hydrogens (primary N) is 1. The average Bonchev–Trinajstić information content (AvgIpc) is 2.20. The fourth-order valence-corrected chi connectivity index (χ4v) is 1.91. The highest BCUT2D eigenvalue weighted by molar-refractivity contribution is 8.00. The minimum Gasteiger partial charge on any atom is -0.496 e. The Morgan fingerprint density at radius 2 is 2.27 bits per heavy atom. The lowest BCUT2D eigenvalue weighted by atomic mass is 10.3. The van der Waals surface area contributed by atoms with Gasteiger partial charge >= 0.3 is 5.97 Å². The molecule has 0 aliphatic heterocycles. The van der Waals surface area contributed by atoms with Gasteiger partial charge in [-0.15, -0.1) is 11.8 Å². The standard InChI is InChI=1S/C10H13NO3S/c1-6(10(12)13)15-9-4-3-7(11)5-8(9)14-2/h3-6H,11H2,1-2H3,(H,12,13). The smallest absolute Gasteiger partial charge is 0.316 e. The summed E-state index contributed by atoms with van der Waals surface area (Å²) in [7, 11) is 1.53. The van der Waals surface area contributed by atoms with E-state index in [1.165, 1.54) is 18.9 Å². The van der Waals surface area contributed by atoms with Crippen LogP contribution in [-0.4, -0.2) is 23.4 Å². The van der Waals surface area contributed by atoms with Gasteiger partial charge in [0.25, 0.3) is 0 Å². The lowest BCUT2D eigenvalue weighted by Crippen LogP contribution is -2.11. The second kappa shape index (κ2) is 4.93. The number of rotatable bonds is 4. The first kappa shape index (κ1) is 11.7. The van der Waals surface area contributed by atoms with Crippen LogP contribution in [-0.2, 0) is 4.79 Å². The number of thioether (sulfide) groups is 1.